The van der Waals surface area contributed by atoms with Gasteiger partial charge in [0.05, 0.1) is 0 Å². The van der Waals surface area contributed by atoms with Crippen LogP contribution in [0.5, 0.6) is 0 Å². The van der Waals surface area contributed by atoms with Crippen molar-refractivity contribution in [2.24, 2.45) is 0 Å². The van der Waals surface area contributed by atoms with Crippen molar-refractivity contribution in [1.82, 2.24) is 0 Å². The summed E-state index contributed by atoms with van der Waals surface area (Å²) in [6, 6.07) is 11.7. The Morgan fingerprint density at radius 1 is 1.07 bits per heavy atom. The number of hydrogen-bond donors (Lipinski definition) is 1. The lowest BCUT2D eigenvalue weighted by atomic mass is 10.0. The van der Waals surface area contributed by atoms with Crippen molar-refractivity contribution in [3.8, 4) is 11.1 Å². The summed E-state index contributed by atoms with van der Waals surface area (Å²) in [4.78, 5) is 0. The number of rotatable bonds is 1. The smallest absolute Gasteiger partial charge is 0.133 e. The van der Waals surface area contributed by atoms with Crippen molar-refractivity contribution in [3.63, 3.8) is 0 Å². The van der Waals surface area contributed by atoms with Gasteiger partial charge < -0.3 is 5.73 Å². The van der Waals surface area contributed by atoms with Crippen LogP contribution in [-0.4, -0.2) is 0 Å². The Bertz CT molecular complexity index is 497. The molecule has 0 aromatic heterocycles. The second kappa shape index (κ2) is 3.91. The monoisotopic (exact) mass is 221 g/mol. The van der Waals surface area contributed by atoms with Crippen molar-refractivity contribution in [2.45, 2.75) is 0 Å². The normalized spacial score (nSPS) is 10.3. The van der Waals surface area contributed by atoms with Crippen LogP contribution in [0.15, 0.2) is 42.5 Å². The van der Waals surface area contributed by atoms with Gasteiger partial charge in [-0.05, 0) is 35.9 Å². The third-order valence-corrected chi connectivity index (χ3v) is 2.36. The van der Waals surface area contributed by atoms with Gasteiger partial charge in [-0.15, -0.1) is 0 Å². The van der Waals surface area contributed by atoms with Crippen molar-refractivity contribution in [2.75, 3.05) is 5.73 Å². The number of benzene rings is 2. The first-order valence-corrected chi connectivity index (χ1v) is 4.85. The van der Waals surface area contributed by atoms with Gasteiger partial charge in [-0.25, -0.2) is 4.39 Å². The molecule has 0 unspecified atom stereocenters. The first kappa shape index (κ1) is 9.99. The average Bonchev–Trinajstić information content (AvgIpc) is 2.17. The van der Waals surface area contributed by atoms with Crippen LogP contribution in [0.4, 0.5) is 10.1 Å². The topological polar surface area (TPSA) is 26.0 Å². The summed E-state index contributed by atoms with van der Waals surface area (Å²) in [5.41, 5.74) is 7.14. The molecule has 2 aromatic carbocycles. The predicted molar refractivity (Wildman–Crippen MR) is 61.3 cm³/mol. The molecule has 76 valence electrons. The molecule has 0 amide bonds. The molecule has 0 bridgehead atoms. The van der Waals surface area contributed by atoms with E-state index in [0.29, 0.717) is 16.3 Å². The molecule has 3 heteroatoms. The molecule has 0 heterocycles. The molecule has 0 atom stereocenters. The summed E-state index contributed by atoms with van der Waals surface area (Å²) in [7, 11) is 0. The van der Waals surface area contributed by atoms with Gasteiger partial charge in [-0.2, -0.15) is 0 Å². The molecule has 0 aliphatic heterocycles. The van der Waals surface area contributed by atoms with Gasteiger partial charge in [0.2, 0.25) is 0 Å². The Hall–Kier alpha value is -1.54. The first-order valence-electron chi connectivity index (χ1n) is 4.48. The Balaban J connectivity index is 2.54. The van der Waals surface area contributed by atoms with E-state index < -0.39 is 0 Å². The Morgan fingerprint density at radius 3 is 2.53 bits per heavy atom. The summed E-state index contributed by atoms with van der Waals surface area (Å²) in [5.74, 6) is -0.336. The van der Waals surface area contributed by atoms with Gasteiger partial charge in [-0.1, -0.05) is 23.7 Å². The molecular formula is C12H9ClFN. The van der Waals surface area contributed by atoms with Crippen LogP contribution < -0.4 is 5.73 Å². The second-order valence-electron chi connectivity index (χ2n) is 3.25. The lowest BCUT2D eigenvalue weighted by molar-refractivity contribution is 0.632. The maximum Gasteiger partial charge on any atom is 0.133 e. The average molecular weight is 222 g/mol. The highest BCUT2D eigenvalue weighted by Crippen LogP contribution is 2.26. The van der Waals surface area contributed by atoms with Gasteiger partial charge in [-0.3, -0.25) is 0 Å². The van der Waals surface area contributed by atoms with Crippen LogP contribution in [0.2, 0.25) is 5.02 Å². The second-order valence-corrected chi connectivity index (χ2v) is 3.69. The maximum absolute atomic E-state index is 13.5. The van der Waals surface area contributed by atoms with Crippen LogP contribution in [0, 0.1) is 5.82 Å². The van der Waals surface area contributed by atoms with E-state index in [2.05, 4.69) is 0 Å². The molecule has 0 aliphatic rings. The quantitative estimate of drug-likeness (QED) is 0.730. The van der Waals surface area contributed by atoms with Crippen LogP contribution in [0.3, 0.4) is 0 Å². The minimum Gasteiger partial charge on any atom is -0.399 e. The fourth-order valence-corrected chi connectivity index (χ4v) is 1.61. The van der Waals surface area contributed by atoms with Gasteiger partial charge in [0.25, 0.3) is 0 Å². The molecular weight excluding hydrogens is 213 g/mol. The minimum atomic E-state index is -0.336. The summed E-state index contributed by atoms with van der Waals surface area (Å²) >= 11 is 5.83. The van der Waals surface area contributed by atoms with Crippen LogP contribution in [0.25, 0.3) is 11.1 Å². The lowest BCUT2D eigenvalue weighted by Crippen LogP contribution is -1.89. The zero-order valence-corrected chi connectivity index (χ0v) is 8.63. The van der Waals surface area contributed by atoms with E-state index in [9.17, 15) is 4.39 Å². The number of nitrogen functional groups attached to an aromatic ring is 1. The largest absolute Gasteiger partial charge is 0.399 e. The summed E-state index contributed by atoms with van der Waals surface area (Å²) < 4.78 is 13.5. The molecule has 0 spiro atoms. The molecule has 0 aliphatic carbocycles. The Morgan fingerprint density at radius 2 is 1.87 bits per heavy atom. The number of anilines is 1. The van der Waals surface area contributed by atoms with Crippen LogP contribution in [0.1, 0.15) is 0 Å². The molecule has 0 fully saturated rings. The summed E-state index contributed by atoms with van der Waals surface area (Å²) in [6.45, 7) is 0. The maximum atomic E-state index is 13.5. The highest BCUT2D eigenvalue weighted by molar-refractivity contribution is 6.30. The van der Waals surface area contributed by atoms with Crippen LogP contribution >= 0.6 is 11.6 Å². The molecule has 2 aromatic rings. The van der Waals surface area contributed by atoms with Gasteiger partial charge in [0.15, 0.2) is 0 Å². The number of hydrogen-bond acceptors (Lipinski definition) is 1. The summed E-state index contributed by atoms with van der Waals surface area (Å²) in [6.07, 6.45) is 0. The molecule has 2 N–H and O–H groups in total. The molecule has 15 heavy (non-hydrogen) atoms. The van der Waals surface area contributed by atoms with E-state index in [1.807, 2.05) is 0 Å². The van der Waals surface area contributed by atoms with E-state index in [1.165, 1.54) is 6.07 Å². The van der Waals surface area contributed by atoms with Gasteiger partial charge in [0, 0.05) is 16.3 Å². The Kier molecular flexibility index (Phi) is 2.60. The lowest BCUT2D eigenvalue weighted by Gasteiger charge is -2.04. The highest BCUT2D eigenvalue weighted by atomic mass is 35.5. The standard InChI is InChI=1S/C12H9ClFN/c13-9-3-1-2-8(6-9)11-5-4-10(15)7-12(11)14/h1-7H,15H2. The van der Waals surface area contributed by atoms with Gasteiger partial charge in [0.1, 0.15) is 5.82 Å². The van der Waals surface area contributed by atoms with E-state index in [1.54, 1.807) is 36.4 Å². The SMILES string of the molecule is Nc1ccc(-c2cccc(Cl)c2)c(F)c1. The third-order valence-electron chi connectivity index (χ3n) is 2.13. The van der Waals surface area contributed by atoms with Crippen molar-refractivity contribution < 1.29 is 4.39 Å². The minimum absolute atomic E-state index is 0.336. The molecule has 2 rings (SSSR count). The zero-order valence-electron chi connectivity index (χ0n) is 7.87. The number of nitrogens with two attached hydrogens (primary N) is 1. The van der Waals surface area contributed by atoms with Crippen LogP contribution in [-0.2, 0) is 0 Å². The van der Waals surface area contributed by atoms with Crippen molar-refractivity contribution >= 4 is 17.3 Å². The van der Waals surface area contributed by atoms with Gasteiger partial charge >= 0.3 is 0 Å². The van der Waals surface area contributed by atoms with E-state index in [4.69, 9.17) is 17.3 Å². The highest BCUT2D eigenvalue weighted by Gasteiger charge is 2.05. The summed E-state index contributed by atoms with van der Waals surface area (Å²) in [5, 5.41) is 0.587. The molecule has 0 saturated carbocycles. The van der Waals surface area contributed by atoms with E-state index in [0.717, 1.165) is 5.56 Å². The third kappa shape index (κ3) is 2.10. The molecule has 1 nitrogen and oxygen atoms in total. The van der Waals surface area contributed by atoms with Crippen molar-refractivity contribution in [1.29, 1.82) is 0 Å². The molecule has 0 saturated heterocycles. The zero-order chi connectivity index (χ0) is 10.8. The fraction of sp³-hybridized carbons (Fsp3) is 0. The Labute approximate surface area is 92.3 Å². The fourth-order valence-electron chi connectivity index (χ4n) is 1.42. The first-order chi connectivity index (χ1) is 7.16. The van der Waals surface area contributed by atoms with E-state index >= 15 is 0 Å². The predicted octanol–water partition coefficient (Wildman–Crippen LogP) is 3.73. The molecule has 0 radical (unpaired) electrons. The van der Waals surface area contributed by atoms with Crippen molar-refractivity contribution in [3.05, 3.63) is 53.3 Å². The van der Waals surface area contributed by atoms with E-state index in [-0.39, 0.29) is 5.82 Å². The number of halogens is 2.